The number of nitrogens with zero attached hydrogens (tertiary/aromatic N) is 2. The number of anilines is 1. The summed E-state index contributed by atoms with van der Waals surface area (Å²) in [6.07, 6.45) is 5.37. The molecule has 1 aliphatic rings. The van der Waals surface area contributed by atoms with Gasteiger partial charge in [-0.1, -0.05) is 54.1 Å². The highest BCUT2D eigenvalue weighted by atomic mass is 35.5. The third-order valence-electron chi connectivity index (χ3n) is 3.84. The third kappa shape index (κ3) is 3.58. The first-order valence-corrected chi connectivity index (χ1v) is 8.21. The molecule has 6 heteroatoms. The molecular weight excluding hydrogens is 352 g/mol. The van der Waals surface area contributed by atoms with Crippen LogP contribution in [0.5, 0.6) is 0 Å². The second kappa shape index (κ2) is 7.37. The van der Waals surface area contributed by atoms with Gasteiger partial charge in [0.25, 0.3) is 5.91 Å². The first kappa shape index (κ1) is 17.6. The monoisotopic (exact) mass is 366 g/mol. The lowest BCUT2D eigenvalue weighted by molar-refractivity contribution is -0.114. The molecule has 0 fully saturated rings. The summed E-state index contributed by atoms with van der Waals surface area (Å²) < 4.78 is 0. The third-order valence-corrected chi connectivity index (χ3v) is 4.17. The van der Waals surface area contributed by atoms with E-state index in [4.69, 9.17) is 11.6 Å². The van der Waals surface area contributed by atoms with Crippen LogP contribution in [0.2, 0.25) is 5.02 Å². The summed E-state index contributed by atoms with van der Waals surface area (Å²) in [7, 11) is 0. The molecule has 0 saturated carbocycles. The minimum Gasteiger partial charge on any atom is -0.478 e. The maximum absolute atomic E-state index is 12.7. The van der Waals surface area contributed by atoms with Crippen LogP contribution in [0.15, 0.2) is 71.4 Å². The van der Waals surface area contributed by atoms with Gasteiger partial charge in [0.2, 0.25) is 0 Å². The van der Waals surface area contributed by atoms with E-state index in [9.17, 15) is 14.7 Å². The maximum atomic E-state index is 12.7. The smallest absolute Gasteiger partial charge is 0.337 e. The van der Waals surface area contributed by atoms with E-state index in [2.05, 4.69) is 5.10 Å². The summed E-state index contributed by atoms with van der Waals surface area (Å²) in [6, 6.07) is 14.1. The molecule has 1 amide bonds. The second-order valence-corrected chi connectivity index (χ2v) is 6.03. The molecule has 0 atom stereocenters. The number of hydrogen-bond donors (Lipinski definition) is 1. The van der Waals surface area contributed by atoms with E-state index in [0.29, 0.717) is 17.0 Å². The van der Waals surface area contributed by atoms with Crippen molar-refractivity contribution >= 4 is 41.0 Å². The van der Waals surface area contributed by atoms with E-state index in [0.717, 1.165) is 5.56 Å². The first-order valence-electron chi connectivity index (χ1n) is 7.83. The Balaban J connectivity index is 1.86. The maximum Gasteiger partial charge on any atom is 0.337 e. The lowest BCUT2D eigenvalue weighted by Crippen LogP contribution is -2.21. The van der Waals surface area contributed by atoms with Crippen LogP contribution in [0.25, 0.3) is 6.08 Å². The summed E-state index contributed by atoms with van der Waals surface area (Å²) in [5.41, 5.74) is 2.30. The van der Waals surface area contributed by atoms with E-state index in [-0.39, 0.29) is 16.5 Å². The normalized spacial score (nSPS) is 15.8. The largest absolute Gasteiger partial charge is 0.478 e. The molecule has 0 saturated heterocycles. The van der Waals surface area contributed by atoms with Crippen molar-refractivity contribution in [1.82, 2.24) is 0 Å². The van der Waals surface area contributed by atoms with Crippen LogP contribution in [0, 0.1) is 0 Å². The topological polar surface area (TPSA) is 70.0 Å². The van der Waals surface area contributed by atoms with Gasteiger partial charge in [-0.15, -0.1) is 0 Å². The van der Waals surface area contributed by atoms with Gasteiger partial charge in [-0.2, -0.15) is 10.1 Å². The standard InChI is InChI=1S/C20H15ClN2O3/c1-13-16(9-5-8-14-6-3-2-4-7-14)19(24)23(22-13)15-10-11-18(21)17(12-15)20(25)26/h2-12H,1H3,(H,25,26)/b8-5+,16-9+. The van der Waals surface area contributed by atoms with Crippen LogP contribution in [0.1, 0.15) is 22.8 Å². The number of carboxylic acids is 1. The van der Waals surface area contributed by atoms with Crippen molar-refractivity contribution in [2.24, 2.45) is 5.10 Å². The minimum absolute atomic E-state index is 0.0776. The average Bonchev–Trinajstić information content (AvgIpc) is 2.91. The van der Waals surface area contributed by atoms with E-state index in [1.807, 2.05) is 36.4 Å². The quantitative estimate of drug-likeness (QED) is 0.815. The summed E-state index contributed by atoms with van der Waals surface area (Å²) in [5, 5.41) is 14.7. The molecule has 3 rings (SSSR count). The van der Waals surface area contributed by atoms with Gasteiger partial charge in [0.15, 0.2) is 0 Å². The van der Waals surface area contributed by atoms with Gasteiger partial charge < -0.3 is 5.11 Å². The Bertz CT molecular complexity index is 962. The number of aromatic carboxylic acids is 1. The van der Waals surface area contributed by atoms with Gasteiger partial charge in [-0.3, -0.25) is 4.79 Å². The fraction of sp³-hybridized carbons (Fsp3) is 0.0500. The highest BCUT2D eigenvalue weighted by Crippen LogP contribution is 2.28. The Morgan fingerprint density at radius 1 is 1.19 bits per heavy atom. The van der Waals surface area contributed by atoms with Crippen molar-refractivity contribution in [1.29, 1.82) is 0 Å². The molecule has 0 radical (unpaired) electrons. The molecule has 0 unspecified atom stereocenters. The summed E-state index contributed by atoms with van der Waals surface area (Å²) in [6.45, 7) is 1.73. The second-order valence-electron chi connectivity index (χ2n) is 5.62. The first-order chi connectivity index (χ1) is 12.5. The highest BCUT2D eigenvalue weighted by Gasteiger charge is 2.29. The highest BCUT2D eigenvalue weighted by molar-refractivity contribution is 6.34. The number of carbonyl (C=O) groups excluding carboxylic acids is 1. The van der Waals surface area contributed by atoms with E-state index >= 15 is 0 Å². The number of hydrogen-bond acceptors (Lipinski definition) is 3. The van der Waals surface area contributed by atoms with E-state index in [1.165, 1.54) is 17.1 Å². The van der Waals surface area contributed by atoms with Gasteiger partial charge in [0.05, 0.1) is 27.6 Å². The van der Waals surface area contributed by atoms with Crippen LogP contribution in [0.3, 0.4) is 0 Å². The molecule has 2 aromatic carbocycles. The molecule has 0 aromatic heterocycles. The number of allylic oxidation sites excluding steroid dienone is 2. The van der Waals surface area contributed by atoms with Crippen LogP contribution < -0.4 is 5.01 Å². The molecule has 1 N–H and O–H groups in total. The minimum atomic E-state index is -1.16. The van der Waals surface area contributed by atoms with Crippen molar-refractivity contribution in [2.75, 3.05) is 5.01 Å². The average molecular weight is 367 g/mol. The zero-order chi connectivity index (χ0) is 18.7. The lowest BCUT2D eigenvalue weighted by atomic mass is 10.1. The predicted molar refractivity (Wildman–Crippen MR) is 103 cm³/mol. The Morgan fingerprint density at radius 3 is 2.62 bits per heavy atom. The summed E-state index contributed by atoms with van der Waals surface area (Å²) >= 11 is 5.88. The Morgan fingerprint density at radius 2 is 1.92 bits per heavy atom. The van der Waals surface area contributed by atoms with Gasteiger partial charge >= 0.3 is 5.97 Å². The Labute approximate surface area is 155 Å². The van der Waals surface area contributed by atoms with Crippen LogP contribution in [-0.4, -0.2) is 22.7 Å². The van der Waals surface area contributed by atoms with E-state index < -0.39 is 5.97 Å². The molecule has 0 bridgehead atoms. The number of halogens is 1. The lowest BCUT2D eigenvalue weighted by Gasteiger charge is -2.12. The molecule has 130 valence electrons. The van der Waals surface area contributed by atoms with Crippen LogP contribution in [0.4, 0.5) is 5.69 Å². The fourth-order valence-electron chi connectivity index (χ4n) is 2.51. The SMILES string of the molecule is CC1=NN(c2ccc(Cl)c(C(=O)O)c2)C(=O)/C1=C/C=C/c1ccccc1. The zero-order valence-corrected chi connectivity index (χ0v) is 14.6. The predicted octanol–water partition coefficient (Wildman–Crippen LogP) is 4.40. The summed E-state index contributed by atoms with van der Waals surface area (Å²) in [4.78, 5) is 23.9. The van der Waals surface area contributed by atoms with Gasteiger partial charge in [-0.05, 0) is 36.8 Å². The fourth-order valence-corrected chi connectivity index (χ4v) is 2.71. The number of carboxylic acid groups (broad SMARTS) is 1. The molecule has 0 aliphatic carbocycles. The Hall–Kier alpha value is -3.18. The number of rotatable bonds is 4. The number of hydrazone groups is 1. The van der Waals surface area contributed by atoms with Gasteiger partial charge in [-0.25, -0.2) is 4.79 Å². The molecule has 5 nitrogen and oxygen atoms in total. The van der Waals surface area contributed by atoms with Crippen molar-refractivity contribution in [3.63, 3.8) is 0 Å². The molecule has 26 heavy (non-hydrogen) atoms. The van der Waals surface area contributed by atoms with Gasteiger partial charge in [0.1, 0.15) is 0 Å². The van der Waals surface area contributed by atoms with E-state index in [1.54, 1.807) is 25.1 Å². The van der Waals surface area contributed by atoms with Crippen molar-refractivity contribution in [2.45, 2.75) is 6.92 Å². The molecule has 1 aliphatic heterocycles. The number of carbonyl (C=O) groups is 2. The zero-order valence-electron chi connectivity index (χ0n) is 13.9. The van der Waals surface area contributed by atoms with Crippen molar-refractivity contribution in [3.05, 3.63) is 82.4 Å². The summed E-state index contributed by atoms with van der Waals surface area (Å²) in [5.74, 6) is -1.48. The number of benzene rings is 2. The molecule has 0 spiro atoms. The number of amides is 1. The van der Waals surface area contributed by atoms with Crippen molar-refractivity contribution < 1.29 is 14.7 Å². The van der Waals surface area contributed by atoms with Crippen LogP contribution >= 0.6 is 11.6 Å². The molecular formula is C20H15ClN2O3. The van der Waals surface area contributed by atoms with Gasteiger partial charge in [0, 0.05) is 0 Å². The Kier molecular flexibility index (Phi) is 5.00. The molecule has 2 aromatic rings. The van der Waals surface area contributed by atoms with Crippen LogP contribution in [-0.2, 0) is 4.79 Å². The molecule has 1 heterocycles. The van der Waals surface area contributed by atoms with Crippen molar-refractivity contribution in [3.8, 4) is 0 Å².